The molecule has 0 saturated heterocycles. The van der Waals surface area contributed by atoms with Crippen LogP contribution < -0.4 is 11.3 Å². The molecule has 0 aromatic heterocycles. The minimum absolute atomic E-state index is 0.0654. The molecule has 0 amide bonds. The third kappa shape index (κ3) is 3.47. The third-order valence-corrected chi connectivity index (χ3v) is 2.97. The number of hydrazine groups is 1. The normalized spacial score (nSPS) is 20.2. The first-order chi connectivity index (χ1) is 7.69. The zero-order valence-corrected chi connectivity index (χ0v) is 10.2. The summed E-state index contributed by atoms with van der Waals surface area (Å²) in [5.41, 5.74) is 5.34. The first-order valence-corrected chi connectivity index (χ1v) is 5.82. The van der Waals surface area contributed by atoms with E-state index in [0.29, 0.717) is 5.92 Å². The minimum Gasteiger partial charge on any atom is -0.271 e. The van der Waals surface area contributed by atoms with Crippen molar-refractivity contribution >= 4 is 0 Å². The highest BCUT2D eigenvalue weighted by Gasteiger charge is 2.08. The molecule has 0 fully saturated rings. The predicted molar refractivity (Wildman–Crippen MR) is 70.7 cm³/mol. The van der Waals surface area contributed by atoms with E-state index in [1.165, 1.54) is 17.6 Å². The van der Waals surface area contributed by atoms with Gasteiger partial charge in [-0.15, -0.1) is 6.58 Å². The van der Waals surface area contributed by atoms with Crippen molar-refractivity contribution in [3.63, 3.8) is 0 Å². The van der Waals surface area contributed by atoms with Crippen molar-refractivity contribution in [1.29, 1.82) is 0 Å². The molecular weight excluding hydrogens is 196 g/mol. The molecular formula is C14H22N2. The molecule has 2 heteroatoms. The second-order valence-electron chi connectivity index (χ2n) is 4.26. The summed E-state index contributed by atoms with van der Waals surface area (Å²) in [6.45, 7) is 8.05. The van der Waals surface area contributed by atoms with Gasteiger partial charge in [0.15, 0.2) is 0 Å². The summed E-state index contributed by atoms with van der Waals surface area (Å²) in [5, 5.41) is 0. The Balaban J connectivity index is 2.70. The Morgan fingerprint density at radius 3 is 2.81 bits per heavy atom. The maximum absolute atomic E-state index is 5.45. The van der Waals surface area contributed by atoms with Crippen molar-refractivity contribution in [2.75, 3.05) is 0 Å². The van der Waals surface area contributed by atoms with Crippen LogP contribution in [-0.2, 0) is 0 Å². The zero-order chi connectivity index (χ0) is 12.0. The van der Waals surface area contributed by atoms with E-state index in [-0.39, 0.29) is 6.04 Å². The Kier molecular flexibility index (Phi) is 5.23. The predicted octanol–water partition coefficient (Wildman–Crippen LogP) is 2.86. The lowest BCUT2D eigenvalue weighted by Crippen LogP contribution is -2.34. The smallest absolute Gasteiger partial charge is 0.0595 e. The highest BCUT2D eigenvalue weighted by molar-refractivity contribution is 5.29. The number of hydrogen-bond donors (Lipinski definition) is 2. The molecule has 0 aromatic carbocycles. The molecule has 3 N–H and O–H groups in total. The van der Waals surface area contributed by atoms with Crippen molar-refractivity contribution in [3.05, 3.63) is 48.1 Å². The van der Waals surface area contributed by atoms with Crippen LogP contribution in [0.4, 0.5) is 0 Å². The van der Waals surface area contributed by atoms with Gasteiger partial charge in [0.05, 0.1) is 6.04 Å². The standard InChI is InChI=1S/C14H22N2/c1-4-14(16-15)12(3)10-11(2)13-8-6-5-7-9-13/h4,6,8-11,14,16H,1,5,7,15H2,2-3H3/b12-10-. The van der Waals surface area contributed by atoms with Gasteiger partial charge in [0.25, 0.3) is 0 Å². The van der Waals surface area contributed by atoms with E-state index in [1.807, 2.05) is 6.08 Å². The van der Waals surface area contributed by atoms with Gasteiger partial charge in [0, 0.05) is 0 Å². The Labute approximate surface area is 98.6 Å². The van der Waals surface area contributed by atoms with Crippen LogP contribution in [0.3, 0.4) is 0 Å². The topological polar surface area (TPSA) is 38.0 Å². The van der Waals surface area contributed by atoms with Crippen molar-refractivity contribution < 1.29 is 0 Å². The van der Waals surface area contributed by atoms with Crippen molar-refractivity contribution in [2.45, 2.75) is 32.7 Å². The Hall–Kier alpha value is -1.12. The van der Waals surface area contributed by atoms with Gasteiger partial charge in [-0.2, -0.15) is 0 Å². The first-order valence-electron chi connectivity index (χ1n) is 5.82. The number of nitrogens with one attached hydrogen (secondary N) is 1. The van der Waals surface area contributed by atoms with Crippen LogP contribution in [0.1, 0.15) is 26.7 Å². The average Bonchev–Trinajstić information content (AvgIpc) is 2.31. The molecule has 2 atom stereocenters. The van der Waals surface area contributed by atoms with E-state index in [4.69, 9.17) is 5.84 Å². The number of hydrogen-bond acceptors (Lipinski definition) is 2. The Morgan fingerprint density at radius 2 is 2.31 bits per heavy atom. The number of allylic oxidation sites excluding steroid dienone is 5. The zero-order valence-electron chi connectivity index (χ0n) is 10.2. The molecule has 1 aliphatic rings. The number of nitrogens with two attached hydrogens (primary N) is 1. The summed E-state index contributed by atoms with van der Waals surface area (Å²) in [6, 6.07) is 0.0654. The summed E-state index contributed by atoms with van der Waals surface area (Å²) >= 11 is 0. The van der Waals surface area contributed by atoms with Crippen LogP contribution in [-0.4, -0.2) is 6.04 Å². The highest BCUT2D eigenvalue weighted by Crippen LogP contribution is 2.21. The van der Waals surface area contributed by atoms with E-state index >= 15 is 0 Å². The van der Waals surface area contributed by atoms with Gasteiger partial charge < -0.3 is 0 Å². The maximum atomic E-state index is 5.45. The van der Waals surface area contributed by atoms with Gasteiger partial charge in [-0.05, 0) is 31.3 Å². The second kappa shape index (κ2) is 6.46. The lowest BCUT2D eigenvalue weighted by molar-refractivity contribution is 0.681. The van der Waals surface area contributed by atoms with Crippen molar-refractivity contribution in [1.82, 2.24) is 5.43 Å². The lowest BCUT2D eigenvalue weighted by Gasteiger charge is -2.16. The first kappa shape index (κ1) is 12.9. The summed E-state index contributed by atoms with van der Waals surface area (Å²) in [7, 11) is 0. The van der Waals surface area contributed by atoms with Crippen molar-refractivity contribution in [3.8, 4) is 0 Å². The van der Waals surface area contributed by atoms with Gasteiger partial charge >= 0.3 is 0 Å². The monoisotopic (exact) mass is 218 g/mol. The van der Waals surface area contributed by atoms with Crippen LogP contribution in [0.2, 0.25) is 0 Å². The maximum Gasteiger partial charge on any atom is 0.0595 e. The molecule has 0 spiro atoms. The fourth-order valence-electron chi connectivity index (χ4n) is 1.95. The van der Waals surface area contributed by atoms with E-state index < -0.39 is 0 Å². The molecule has 0 aliphatic heterocycles. The van der Waals surface area contributed by atoms with Crippen LogP contribution in [0.15, 0.2) is 48.1 Å². The quantitative estimate of drug-likeness (QED) is 0.423. The lowest BCUT2D eigenvalue weighted by atomic mass is 9.92. The molecule has 0 heterocycles. The van der Waals surface area contributed by atoms with Gasteiger partial charge in [-0.25, -0.2) is 5.43 Å². The van der Waals surface area contributed by atoms with Crippen LogP contribution in [0.25, 0.3) is 0 Å². The molecule has 1 aliphatic carbocycles. The van der Waals surface area contributed by atoms with Gasteiger partial charge in [0.1, 0.15) is 0 Å². The SMILES string of the molecule is C=CC(NN)/C(C)=C\C(C)C1=CCCC=C1. The van der Waals surface area contributed by atoms with Gasteiger partial charge in [-0.1, -0.05) is 42.9 Å². The Bertz CT molecular complexity index is 324. The second-order valence-corrected chi connectivity index (χ2v) is 4.26. The minimum atomic E-state index is 0.0654. The van der Waals surface area contributed by atoms with Gasteiger partial charge in [0.2, 0.25) is 0 Å². The molecule has 0 radical (unpaired) electrons. The fourth-order valence-corrected chi connectivity index (χ4v) is 1.95. The molecule has 0 bridgehead atoms. The Morgan fingerprint density at radius 1 is 1.56 bits per heavy atom. The largest absolute Gasteiger partial charge is 0.271 e. The van der Waals surface area contributed by atoms with Crippen molar-refractivity contribution in [2.24, 2.45) is 11.8 Å². The molecule has 2 unspecified atom stereocenters. The van der Waals surface area contributed by atoms with E-state index in [0.717, 1.165) is 6.42 Å². The third-order valence-electron chi connectivity index (χ3n) is 2.97. The van der Waals surface area contributed by atoms with Crippen LogP contribution in [0, 0.1) is 5.92 Å². The number of rotatable bonds is 5. The molecule has 16 heavy (non-hydrogen) atoms. The fraction of sp³-hybridized carbons (Fsp3) is 0.429. The van der Waals surface area contributed by atoms with Gasteiger partial charge in [-0.3, -0.25) is 5.84 Å². The molecule has 1 rings (SSSR count). The van der Waals surface area contributed by atoms with Crippen LogP contribution >= 0.6 is 0 Å². The average molecular weight is 218 g/mol. The summed E-state index contributed by atoms with van der Waals surface area (Å²) < 4.78 is 0. The molecule has 0 aromatic rings. The van der Waals surface area contributed by atoms with E-state index in [9.17, 15) is 0 Å². The van der Waals surface area contributed by atoms with E-state index in [1.54, 1.807) is 0 Å². The molecule has 0 saturated carbocycles. The van der Waals surface area contributed by atoms with Crippen LogP contribution in [0.5, 0.6) is 0 Å². The highest BCUT2D eigenvalue weighted by atomic mass is 15.2. The summed E-state index contributed by atoms with van der Waals surface area (Å²) in [6.07, 6.45) is 13.2. The van der Waals surface area contributed by atoms with E-state index in [2.05, 4.69) is 50.2 Å². The molecule has 2 nitrogen and oxygen atoms in total. The molecule has 88 valence electrons. The summed E-state index contributed by atoms with van der Waals surface area (Å²) in [5.74, 6) is 5.89. The summed E-state index contributed by atoms with van der Waals surface area (Å²) in [4.78, 5) is 0.